The summed E-state index contributed by atoms with van der Waals surface area (Å²) in [6.07, 6.45) is 4.45. The molecule has 1 rings (SSSR count). The molecular weight excluding hydrogens is 200 g/mol. The summed E-state index contributed by atoms with van der Waals surface area (Å²) in [4.78, 5) is 4.25. The number of nitrogens with zero attached hydrogens (tertiary/aromatic N) is 1. The van der Waals surface area contributed by atoms with Gasteiger partial charge in [-0.05, 0) is 45.4 Å². The Morgan fingerprint density at radius 3 is 2.88 bits per heavy atom. The van der Waals surface area contributed by atoms with E-state index in [4.69, 9.17) is 4.74 Å². The zero-order chi connectivity index (χ0) is 11.6. The topological polar surface area (TPSA) is 34.1 Å². The van der Waals surface area contributed by atoms with E-state index >= 15 is 0 Å². The van der Waals surface area contributed by atoms with Crippen molar-refractivity contribution in [3.05, 3.63) is 30.1 Å². The molecule has 1 heterocycles. The Bertz CT molecular complexity index is 262. The number of aromatic nitrogens is 1. The van der Waals surface area contributed by atoms with Crippen LogP contribution in [0.3, 0.4) is 0 Å². The second-order valence-electron chi connectivity index (χ2n) is 4.12. The van der Waals surface area contributed by atoms with Crippen LogP contribution in [-0.4, -0.2) is 24.2 Å². The Balaban J connectivity index is 1.93. The molecule has 0 aliphatic carbocycles. The van der Waals surface area contributed by atoms with Gasteiger partial charge in [-0.25, -0.2) is 0 Å². The fourth-order valence-electron chi connectivity index (χ4n) is 1.39. The summed E-state index contributed by atoms with van der Waals surface area (Å²) >= 11 is 0. The van der Waals surface area contributed by atoms with Crippen molar-refractivity contribution in [3.8, 4) is 0 Å². The van der Waals surface area contributed by atoms with Crippen molar-refractivity contribution in [1.29, 1.82) is 0 Å². The van der Waals surface area contributed by atoms with E-state index in [1.165, 1.54) is 0 Å². The summed E-state index contributed by atoms with van der Waals surface area (Å²) < 4.78 is 5.47. The predicted molar refractivity (Wildman–Crippen MR) is 66.3 cm³/mol. The van der Waals surface area contributed by atoms with E-state index in [2.05, 4.69) is 24.1 Å². The van der Waals surface area contributed by atoms with Crippen LogP contribution in [0.15, 0.2) is 24.4 Å². The van der Waals surface area contributed by atoms with Gasteiger partial charge in [0.25, 0.3) is 0 Å². The van der Waals surface area contributed by atoms with Crippen LogP contribution < -0.4 is 5.32 Å². The van der Waals surface area contributed by atoms with E-state index in [1.54, 1.807) is 0 Å². The highest BCUT2D eigenvalue weighted by atomic mass is 16.5. The number of nitrogens with one attached hydrogen (secondary N) is 1. The predicted octanol–water partition coefficient (Wildman–Crippen LogP) is 2.38. The SMILES string of the molecule is CC(C)OCCCCNCc1ccccn1. The average Bonchev–Trinajstić information content (AvgIpc) is 2.29. The smallest absolute Gasteiger partial charge is 0.0541 e. The van der Waals surface area contributed by atoms with Gasteiger partial charge in [-0.1, -0.05) is 6.07 Å². The summed E-state index contributed by atoms with van der Waals surface area (Å²) in [5, 5.41) is 3.37. The van der Waals surface area contributed by atoms with Crippen molar-refractivity contribution >= 4 is 0 Å². The maximum absolute atomic E-state index is 5.47. The highest BCUT2D eigenvalue weighted by Gasteiger charge is 1.94. The molecule has 3 nitrogen and oxygen atoms in total. The molecule has 1 aromatic rings. The first-order chi connectivity index (χ1) is 7.79. The molecule has 0 fully saturated rings. The Hall–Kier alpha value is -0.930. The van der Waals surface area contributed by atoms with Crippen LogP contribution in [0.4, 0.5) is 0 Å². The molecular formula is C13H22N2O. The molecule has 0 unspecified atom stereocenters. The maximum Gasteiger partial charge on any atom is 0.0541 e. The van der Waals surface area contributed by atoms with Gasteiger partial charge in [-0.2, -0.15) is 0 Å². The van der Waals surface area contributed by atoms with Gasteiger partial charge >= 0.3 is 0 Å². The normalized spacial score (nSPS) is 10.9. The number of hydrogen-bond acceptors (Lipinski definition) is 3. The van der Waals surface area contributed by atoms with E-state index in [0.717, 1.165) is 38.2 Å². The van der Waals surface area contributed by atoms with Gasteiger partial charge < -0.3 is 10.1 Å². The monoisotopic (exact) mass is 222 g/mol. The average molecular weight is 222 g/mol. The van der Waals surface area contributed by atoms with E-state index in [1.807, 2.05) is 24.4 Å². The first kappa shape index (κ1) is 13.1. The third kappa shape index (κ3) is 6.53. The van der Waals surface area contributed by atoms with Crippen molar-refractivity contribution < 1.29 is 4.74 Å². The van der Waals surface area contributed by atoms with E-state index in [-0.39, 0.29) is 0 Å². The molecule has 90 valence electrons. The van der Waals surface area contributed by atoms with Crippen LogP contribution in [0.5, 0.6) is 0 Å². The van der Waals surface area contributed by atoms with E-state index < -0.39 is 0 Å². The molecule has 16 heavy (non-hydrogen) atoms. The van der Waals surface area contributed by atoms with Crippen LogP contribution in [0.25, 0.3) is 0 Å². The van der Waals surface area contributed by atoms with Crippen LogP contribution in [0.1, 0.15) is 32.4 Å². The Labute approximate surface area is 98.2 Å². The lowest BCUT2D eigenvalue weighted by atomic mass is 10.3. The molecule has 0 saturated heterocycles. The van der Waals surface area contributed by atoms with Crippen LogP contribution in [-0.2, 0) is 11.3 Å². The van der Waals surface area contributed by atoms with Crippen LogP contribution >= 0.6 is 0 Å². The minimum Gasteiger partial charge on any atom is -0.379 e. The number of rotatable bonds is 8. The van der Waals surface area contributed by atoms with Gasteiger partial charge in [0.05, 0.1) is 11.8 Å². The van der Waals surface area contributed by atoms with Gasteiger partial charge in [0.15, 0.2) is 0 Å². The summed E-state index contributed by atoms with van der Waals surface area (Å²) in [6.45, 7) is 6.88. The van der Waals surface area contributed by atoms with Crippen LogP contribution in [0.2, 0.25) is 0 Å². The maximum atomic E-state index is 5.47. The quantitative estimate of drug-likeness (QED) is 0.686. The van der Waals surface area contributed by atoms with Crippen molar-refractivity contribution in [2.45, 2.75) is 39.3 Å². The summed E-state index contributed by atoms with van der Waals surface area (Å²) in [5.41, 5.74) is 1.10. The summed E-state index contributed by atoms with van der Waals surface area (Å²) in [5.74, 6) is 0. The van der Waals surface area contributed by atoms with Crippen LogP contribution in [0, 0.1) is 0 Å². The molecule has 3 heteroatoms. The second-order valence-corrected chi connectivity index (χ2v) is 4.12. The molecule has 0 amide bonds. The standard InChI is InChI=1S/C13H22N2O/c1-12(2)16-10-6-5-8-14-11-13-7-3-4-9-15-13/h3-4,7,9,12,14H,5-6,8,10-11H2,1-2H3. The molecule has 1 aromatic heterocycles. The molecule has 0 atom stereocenters. The first-order valence-corrected chi connectivity index (χ1v) is 6.01. The van der Waals surface area contributed by atoms with E-state index in [9.17, 15) is 0 Å². The lowest BCUT2D eigenvalue weighted by molar-refractivity contribution is 0.0760. The summed E-state index contributed by atoms with van der Waals surface area (Å²) in [6, 6.07) is 5.99. The molecule has 0 aromatic carbocycles. The van der Waals surface area contributed by atoms with Gasteiger partial charge in [-0.15, -0.1) is 0 Å². The number of ether oxygens (including phenoxy) is 1. The molecule has 0 aliphatic rings. The minimum atomic E-state index is 0.349. The zero-order valence-electron chi connectivity index (χ0n) is 10.3. The Morgan fingerprint density at radius 2 is 2.19 bits per heavy atom. The highest BCUT2D eigenvalue weighted by Crippen LogP contribution is 1.95. The third-order valence-corrected chi connectivity index (χ3v) is 2.23. The molecule has 0 spiro atoms. The van der Waals surface area contributed by atoms with Crippen molar-refractivity contribution in [2.24, 2.45) is 0 Å². The lowest BCUT2D eigenvalue weighted by Crippen LogP contribution is -2.16. The number of pyridine rings is 1. The Morgan fingerprint density at radius 1 is 1.31 bits per heavy atom. The highest BCUT2D eigenvalue weighted by molar-refractivity contribution is 5.02. The fraction of sp³-hybridized carbons (Fsp3) is 0.615. The number of unbranched alkanes of at least 4 members (excludes halogenated alkanes) is 1. The molecule has 0 radical (unpaired) electrons. The van der Waals surface area contributed by atoms with Gasteiger partial charge in [-0.3, -0.25) is 4.98 Å². The molecule has 0 bridgehead atoms. The Kier molecular flexibility index (Phi) is 6.77. The first-order valence-electron chi connectivity index (χ1n) is 6.01. The second kappa shape index (κ2) is 8.25. The minimum absolute atomic E-state index is 0.349. The fourth-order valence-corrected chi connectivity index (χ4v) is 1.39. The van der Waals surface area contributed by atoms with E-state index in [0.29, 0.717) is 6.10 Å². The van der Waals surface area contributed by atoms with Crippen molar-refractivity contribution in [2.75, 3.05) is 13.2 Å². The van der Waals surface area contributed by atoms with Gasteiger partial charge in [0.1, 0.15) is 0 Å². The molecule has 0 aliphatic heterocycles. The largest absolute Gasteiger partial charge is 0.379 e. The lowest BCUT2D eigenvalue weighted by Gasteiger charge is -2.07. The molecule has 1 N–H and O–H groups in total. The van der Waals surface area contributed by atoms with Gasteiger partial charge in [0.2, 0.25) is 0 Å². The summed E-state index contributed by atoms with van der Waals surface area (Å²) in [7, 11) is 0. The van der Waals surface area contributed by atoms with Crippen molar-refractivity contribution in [3.63, 3.8) is 0 Å². The number of hydrogen-bond donors (Lipinski definition) is 1. The third-order valence-electron chi connectivity index (χ3n) is 2.23. The van der Waals surface area contributed by atoms with Gasteiger partial charge in [0, 0.05) is 19.3 Å². The van der Waals surface area contributed by atoms with Crippen molar-refractivity contribution in [1.82, 2.24) is 10.3 Å². The molecule has 0 saturated carbocycles. The zero-order valence-corrected chi connectivity index (χ0v) is 10.3.